The molecule has 0 fully saturated rings. The largest absolute Gasteiger partial charge is 0.299 e. The average Bonchev–Trinajstić information content (AvgIpc) is 2.27. The van der Waals surface area contributed by atoms with E-state index in [1.54, 1.807) is 0 Å². The molecule has 0 N–H and O–H groups in total. The Hall–Kier alpha value is -1.11. The maximum Gasteiger partial charge on any atom is 0.143 e. The summed E-state index contributed by atoms with van der Waals surface area (Å²) in [5.74, 6) is 0. The Labute approximate surface area is 103 Å². The second-order valence-corrected chi connectivity index (χ2v) is 4.76. The van der Waals surface area contributed by atoms with Crippen LogP contribution in [0.25, 0.3) is 0 Å². The molecule has 1 rings (SSSR count). The monoisotopic (exact) mass is 222 g/mol. The molecule has 0 radical (unpaired) electrons. The van der Waals surface area contributed by atoms with Crippen molar-refractivity contribution in [2.45, 2.75) is 46.9 Å². The van der Waals surface area contributed by atoms with Gasteiger partial charge in [0.05, 0.1) is 0 Å². The van der Waals surface area contributed by atoms with Crippen LogP contribution in [0.4, 0.5) is 0 Å². The first-order chi connectivity index (χ1) is 8.72. The van der Waals surface area contributed by atoms with Gasteiger partial charge in [0.2, 0.25) is 0 Å². The highest BCUT2D eigenvalue weighted by atomic mass is 16.1. The van der Waals surface area contributed by atoms with Crippen LogP contribution in [0, 0.1) is 5.41 Å². The second kappa shape index (κ2) is 5.29. The number of carbonyl (C=O) groups is 1. The molecule has 0 saturated carbocycles. The molecule has 0 aromatic rings. The van der Waals surface area contributed by atoms with E-state index < -0.39 is 12.3 Å². The molecular formula is C15H22O. The first-order valence-corrected chi connectivity index (χ1v) is 5.73. The van der Waals surface area contributed by atoms with Gasteiger partial charge in [0.1, 0.15) is 6.29 Å². The molecule has 1 heteroatoms. The molecule has 0 heterocycles. The van der Waals surface area contributed by atoms with E-state index in [-0.39, 0.29) is 0 Å². The fourth-order valence-electron chi connectivity index (χ4n) is 2.15. The molecule has 1 unspecified atom stereocenters. The van der Waals surface area contributed by atoms with E-state index >= 15 is 0 Å². The molecule has 0 saturated heterocycles. The van der Waals surface area contributed by atoms with E-state index in [9.17, 15) is 4.79 Å². The maximum atomic E-state index is 10.4. The van der Waals surface area contributed by atoms with Gasteiger partial charge in [-0.1, -0.05) is 31.5 Å². The van der Waals surface area contributed by atoms with Crippen molar-refractivity contribution < 1.29 is 8.91 Å². The van der Waals surface area contributed by atoms with Crippen LogP contribution in [0.15, 0.2) is 34.9 Å². The lowest BCUT2D eigenvalue weighted by molar-refractivity contribution is -0.104. The minimum absolute atomic E-state index is 0.678. The first kappa shape index (κ1) is 8.98. The Morgan fingerprint density at radius 2 is 2.31 bits per heavy atom. The van der Waals surface area contributed by atoms with E-state index in [2.05, 4.69) is 0 Å². The third kappa shape index (κ3) is 3.19. The van der Waals surface area contributed by atoms with Gasteiger partial charge < -0.3 is 0 Å². The number of rotatable bonds is 3. The molecule has 0 bridgehead atoms. The predicted molar refractivity (Wildman–Crippen MR) is 69.3 cm³/mol. The van der Waals surface area contributed by atoms with E-state index in [4.69, 9.17) is 4.11 Å². The van der Waals surface area contributed by atoms with Gasteiger partial charge >= 0.3 is 0 Å². The molecule has 88 valence electrons. The number of hydrogen-bond acceptors (Lipinski definition) is 1. The van der Waals surface area contributed by atoms with Crippen LogP contribution >= 0.6 is 0 Å². The molecule has 1 nitrogen and oxygen atoms in total. The smallest absolute Gasteiger partial charge is 0.143 e. The summed E-state index contributed by atoms with van der Waals surface area (Å²) in [6.07, 6.45) is 8.45. The lowest BCUT2D eigenvalue weighted by Gasteiger charge is -2.32. The summed E-state index contributed by atoms with van der Waals surface area (Å²) in [7, 11) is 0. The molecule has 0 aliphatic heterocycles. The summed E-state index contributed by atoms with van der Waals surface area (Å²) < 4.78 is 23.4. The Morgan fingerprint density at radius 3 is 2.94 bits per heavy atom. The van der Waals surface area contributed by atoms with Crippen LogP contribution < -0.4 is 0 Å². The fourth-order valence-corrected chi connectivity index (χ4v) is 2.15. The molecule has 0 aromatic carbocycles. The number of allylic oxidation sites excluding steroid dienone is 6. The normalized spacial score (nSPS) is 31.2. The van der Waals surface area contributed by atoms with Crippen molar-refractivity contribution in [2.24, 2.45) is 5.41 Å². The topological polar surface area (TPSA) is 17.1 Å². The predicted octanol–water partition coefficient (Wildman–Crippen LogP) is 4.21. The summed E-state index contributed by atoms with van der Waals surface area (Å²) in [5, 5.41) is 0. The third-order valence-electron chi connectivity index (χ3n) is 3.13. The fraction of sp³-hybridized carbons (Fsp3) is 0.533. The Kier molecular flexibility index (Phi) is 2.97. The molecule has 0 aromatic heterocycles. The summed E-state index contributed by atoms with van der Waals surface area (Å²) in [5.41, 5.74) is 2.08. The minimum atomic E-state index is -2.00. The van der Waals surface area contributed by atoms with Crippen LogP contribution in [0.2, 0.25) is 0 Å². The van der Waals surface area contributed by atoms with Crippen molar-refractivity contribution in [3.63, 3.8) is 0 Å². The molecule has 16 heavy (non-hydrogen) atoms. The summed E-state index contributed by atoms with van der Waals surface area (Å²) in [6.45, 7) is 3.65. The molecule has 0 spiro atoms. The Bertz CT molecular complexity index is 441. The van der Waals surface area contributed by atoms with Gasteiger partial charge in [0, 0.05) is 4.11 Å². The molecular weight excluding hydrogens is 197 g/mol. The minimum Gasteiger partial charge on any atom is -0.299 e. The van der Waals surface area contributed by atoms with Gasteiger partial charge in [-0.05, 0) is 55.7 Å². The van der Waals surface area contributed by atoms with Gasteiger partial charge in [-0.25, -0.2) is 0 Å². The van der Waals surface area contributed by atoms with Crippen LogP contribution in [0.3, 0.4) is 0 Å². The van der Waals surface area contributed by atoms with Crippen molar-refractivity contribution in [1.82, 2.24) is 0 Å². The zero-order valence-corrected chi connectivity index (χ0v) is 10.3. The van der Waals surface area contributed by atoms with Crippen molar-refractivity contribution in [3.8, 4) is 0 Å². The van der Waals surface area contributed by atoms with Crippen molar-refractivity contribution in [2.75, 3.05) is 0 Å². The lowest BCUT2D eigenvalue weighted by Crippen LogP contribution is -2.19. The number of hydrogen-bond donors (Lipinski definition) is 0. The summed E-state index contributed by atoms with van der Waals surface area (Å²) in [6, 6.07) is 0. The zero-order chi connectivity index (χ0) is 14.7. The van der Waals surface area contributed by atoms with E-state index in [1.807, 2.05) is 32.9 Å². The summed E-state index contributed by atoms with van der Waals surface area (Å²) in [4.78, 5) is 10.4. The van der Waals surface area contributed by atoms with Gasteiger partial charge in [0.15, 0.2) is 0 Å². The van der Waals surface area contributed by atoms with E-state index in [0.29, 0.717) is 6.42 Å². The van der Waals surface area contributed by atoms with E-state index in [1.165, 1.54) is 6.08 Å². The van der Waals surface area contributed by atoms with Crippen molar-refractivity contribution >= 4 is 6.29 Å². The summed E-state index contributed by atoms with van der Waals surface area (Å²) >= 11 is 0. The van der Waals surface area contributed by atoms with Gasteiger partial charge in [-0.15, -0.1) is 0 Å². The highest BCUT2D eigenvalue weighted by Crippen LogP contribution is 2.40. The average molecular weight is 222 g/mol. The standard InChI is InChI=1S/C15H22O/c1-12(9-11-16)7-8-14-13(2)6-5-10-15(14,3)4/h7-9,11H,5-6,10H2,1-4H3/b8-7+,12-9-/i3+1D3. The third-order valence-corrected chi connectivity index (χ3v) is 3.13. The highest BCUT2D eigenvalue weighted by molar-refractivity contribution is 5.67. The first-order valence-electron chi connectivity index (χ1n) is 7.23. The SMILES string of the molecule is [2H][13C]([2H])([2H])C1(C)CCCC(C)=C1/C=C/C(C)=C\C=O. The highest BCUT2D eigenvalue weighted by Gasteiger charge is 2.26. The van der Waals surface area contributed by atoms with Gasteiger partial charge in [0.25, 0.3) is 0 Å². The molecule has 1 atom stereocenters. The lowest BCUT2D eigenvalue weighted by atomic mass is 9.76. The molecule has 0 amide bonds. The zero-order valence-electron chi connectivity index (χ0n) is 13.3. The van der Waals surface area contributed by atoms with Gasteiger partial charge in [-0.3, -0.25) is 4.79 Å². The van der Waals surface area contributed by atoms with E-state index in [0.717, 1.165) is 35.8 Å². The van der Waals surface area contributed by atoms with Crippen molar-refractivity contribution in [3.05, 3.63) is 34.9 Å². The number of carbonyl (C=O) groups excluding carboxylic acids is 1. The van der Waals surface area contributed by atoms with Gasteiger partial charge in [-0.2, -0.15) is 0 Å². The Morgan fingerprint density at radius 1 is 1.56 bits per heavy atom. The van der Waals surface area contributed by atoms with Crippen LogP contribution in [-0.2, 0) is 4.79 Å². The Balaban J connectivity index is 3.18. The quantitative estimate of drug-likeness (QED) is 0.302. The van der Waals surface area contributed by atoms with Crippen molar-refractivity contribution in [1.29, 1.82) is 0 Å². The van der Waals surface area contributed by atoms with Crippen LogP contribution in [-0.4, -0.2) is 6.29 Å². The second-order valence-electron chi connectivity index (χ2n) is 4.76. The maximum absolute atomic E-state index is 10.4. The van der Waals surface area contributed by atoms with Crippen LogP contribution in [0.5, 0.6) is 0 Å². The number of aldehydes is 1. The molecule has 1 aliphatic rings. The van der Waals surface area contributed by atoms with Crippen LogP contribution in [0.1, 0.15) is 51.0 Å². The molecule has 1 aliphatic carbocycles.